The Bertz CT molecular complexity index is 727. The fourth-order valence-corrected chi connectivity index (χ4v) is 4.31. The van der Waals surface area contributed by atoms with Gasteiger partial charge in [-0.1, -0.05) is 18.2 Å². The predicted molar refractivity (Wildman–Crippen MR) is 82.3 cm³/mol. The topological polar surface area (TPSA) is 79.3 Å². The molecule has 1 unspecified atom stereocenters. The number of hydrogen-bond donors (Lipinski definition) is 2. The van der Waals surface area contributed by atoms with Crippen LogP contribution >= 0.6 is 23.3 Å². The molecule has 0 saturated heterocycles. The number of aryl methyl sites for hydroxylation is 1. The lowest BCUT2D eigenvalue weighted by Gasteiger charge is -2.10. The molecule has 7 heteroatoms. The Morgan fingerprint density at radius 2 is 2.14 bits per heavy atom. The number of hydrogen-bond acceptors (Lipinski definition) is 5. The summed E-state index contributed by atoms with van der Waals surface area (Å²) in [6.45, 7) is 1.62. The number of aromatic carboxylic acids is 1. The molecule has 5 nitrogen and oxygen atoms in total. The predicted octanol–water partition coefficient (Wildman–Crippen LogP) is 2.98. The zero-order chi connectivity index (χ0) is 15.0. The number of fused-ring (bicyclic) bond motifs is 1. The third-order valence-electron chi connectivity index (χ3n) is 3.33. The van der Waals surface area contributed by atoms with E-state index in [2.05, 4.69) is 9.69 Å². The van der Waals surface area contributed by atoms with Gasteiger partial charge in [-0.25, -0.2) is 4.79 Å². The number of aromatic nitrogens is 1. The molecule has 1 amide bonds. The van der Waals surface area contributed by atoms with Crippen molar-refractivity contribution in [3.05, 3.63) is 41.1 Å². The molecule has 2 aromatic rings. The van der Waals surface area contributed by atoms with E-state index >= 15 is 0 Å². The van der Waals surface area contributed by atoms with Crippen LogP contribution in [0.4, 0.5) is 5.00 Å². The maximum atomic E-state index is 12.4. The number of thioether (sulfide) groups is 1. The third kappa shape index (κ3) is 2.54. The number of anilines is 1. The molecule has 1 aliphatic heterocycles. The molecule has 3 rings (SSSR count). The summed E-state index contributed by atoms with van der Waals surface area (Å²) in [5.41, 5.74) is 1.49. The monoisotopic (exact) mass is 320 g/mol. The molecule has 1 aromatic carbocycles. The minimum Gasteiger partial charge on any atom is -0.478 e. The lowest BCUT2D eigenvalue weighted by atomic mass is 10.0. The van der Waals surface area contributed by atoms with E-state index < -0.39 is 5.97 Å². The summed E-state index contributed by atoms with van der Waals surface area (Å²) in [5, 5.41) is 12.2. The minimum atomic E-state index is -1.07. The van der Waals surface area contributed by atoms with E-state index in [4.69, 9.17) is 0 Å². The van der Waals surface area contributed by atoms with Crippen LogP contribution in [-0.4, -0.2) is 27.1 Å². The van der Waals surface area contributed by atoms with Gasteiger partial charge < -0.3 is 10.4 Å². The van der Waals surface area contributed by atoms with E-state index in [-0.39, 0.29) is 17.4 Å². The molecular formula is C14H12N2O3S2. The number of nitrogens with zero attached hydrogens (tertiary/aromatic N) is 1. The standard InChI is InChI=1S/C14H12N2O3S2/c1-7-11(14(18)19)13(21-16-7)15-12(17)9-6-20-10-5-3-2-4-8(9)10/h2-5,9H,6H2,1H3,(H,15,17)(H,18,19). The van der Waals surface area contributed by atoms with E-state index in [9.17, 15) is 14.7 Å². The third-order valence-corrected chi connectivity index (χ3v) is 5.37. The van der Waals surface area contributed by atoms with Crippen molar-refractivity contribution >= 4 is 40.2 Å². The Morgan fingerprint density at radius 3 is 2.90 bits per heavy atom. The molecule has 0 spiro atoms. The zero-order valence-electron chi connectivity index (χ0n) is 11.1. The Morgan fingerprint density at radius 1 is 1.38 bits per heavy atom. The van der Waals surface area contributed by atoms with Crippen molar-refractivity contribution < 1.29 is 14.7 Å². The van der Waals surface area contributed by atoms with Gasteiger partial charge in [-0.05, 0) is 30.1 Å². The molecule has 0 fully saturated rings. The molecule has 0 saturated carbocycles. The SMILES string of the molecule is Cc1nsc(NC(=O)C2CSc3ccccc32)c1C(=O)O. The van der Waals surface area contributed by atoms with Gasteiger partial charge >= 0.3 is 5.97 Å². The molecule has 1 atom stereocenters. The van der Waals surface area contributed by atoms with Crippen LogP contribution in [0.2, 0.25) is 0 Å². The maximum Gasteiger partial charge on any atom is 0.340 e. The van der Waals surface area contributed by atoms with E-state index in [0.717, 1.165) is 22.0 Å². The van der Waals surface area contributed by atoms with Crippen molar-refractivity contribution in [1.82, 2.24) is 4.37 Å². The summed E-state index contributed by atoms with van der Waals surface area (Å²) in [5.74, 6) is -0.836. The van der Waals surface area contributed by atoms with Crippen molar-refractivity contribution in [3.8, 4) is 0 Å². The van der Waals surface area contributed by atoms with Crippen LogP contribution < -0.4 is 5.32 Å². The first kappa shape index (κ1) is 14.1. The van der Waals surface area contributed by atoms with Gasteiger partial charge in [0.1, 0.15) is 10.6 Å². The van der Waals surface area contributed by atoms with Crippen LogP contribution in [0.3, 0.4) is 0 Å². The highest BCUT2D eigenvalue weighted by atomic mass is 32.2. The summed E-state index contributed by atoms with van der Waals surface area (Å²) in [6, 6.07) is 7.79. The van der Waals surface area contributed by atoms with E-state index in [0.29, 0.717) is 16.4 Å². The van der Waals surface area contributed by atoms with Crippen molar-refractivity contribution in [2.75, 3.05) is 11.1 Å². The second-order valence-electron chi connectivity index (χ2n) is 4.67. The first-order valence-electron chi connectivity index (χ1n) is 6.30. The summed E-state index contributed by atoms with van der Waals surface area (Å²) in [6.07, 6.45) is 0. The number of amides is 1. The molecule has 1 aliphatic rings. The van der Waals surface area contributed by atoms with Gasteiger partial charge in [0.2, 0.25) is 5.91 Å². The number of rotatable bonds is 3. The fraction of sp³-hybridized carbons (Fsp3) is 0.214. The van der Waals surface area contributed by atoms with Gasteiger partial charge in [-0.3, -0.25) is 4.79 Å². The van der Waals surface area contributed by atoms with Gasteiger partial charge in [-0.2, -0.15) is 4.37 Å². The quantitative estimate of drug-likeness (QED) is 0.909. The summed E-state index contributed by atoms with van der Waals surface area (Å²) < 4.78 is 4.00. The average Bonchev–Trinajstić information content (AvgIpc) is 3.02. The number of carbonyl (C=O) groups excluding carboxylic acids is 1. The van der Waals surface area contributed by atoms with Crippen LogP contribution in [0.1, 0.15) is 27.5 Å². The second kappa shape index (κ2) is 5.50. The number of carboxylic acid groups (broad SMARTS) is 1. The minimum absolute atomic E-state index is 0.0762. The van der Waals surface area contributed by atoms with Crippen LogP contribution in [-0.2, 0) is 4.79 Å². The molecule has 108 valence electrons. The molecular weight excluding hydrogens is 308 g/mol. The summed E-state index contributed by atoms with van der Waals surface area (Å²) >= 11 is 2.64. The van der Waals surface area contributed by atoms with Crippen molar-refractivity contribution in [2.45, 2.75) is 17.7 Å². The molecule has 2 N–H and O–H groups in total. The second-order valence-corrected chi connectivity index (χ2v) is 6.50. The van der Waals surface area contributed by atoms with Gasteiger partial charge in [0.15, 0.2) is 0 Å². The highest BCUT2D eigenvalue weighted by molar-refractivity contribution is 7.99. The average molecular weight is 320 g/mol. The Kier molecular flexibility index (Phi) is 3.69. The maximum absolute atomic E-state index is 12.4. The van der Waals surface area contributed by atoms with Gasteiger partial charge in [0.25, 0.3) is 0 Å². The van der Waals surface area contributed by atoms with Gasteiger partial charge in [0, 0.05) is 10.6 Å². The smallest absolute Gasteiger partial charge is 0.340 e. The largest absolute Gasteiger partial charge is 0.478 e. The first-order chi connectivity index (χ1) is 10.1. The van der Waals surface area contributed by atoms with Crippen LogP contribution in [0.5, 0.6) is 0 Å². The van der Waals surface area contributed by atoms with E-state index in [1.54, 1.807) is 18.7 Å². The Balaban J connectivity index is 1.84. The number of carboxylic acids is 1. The highest BCUT2D eigenvalue weighted by Gasteiger charge is 2.30. The lowest BCUT2D eigenvalue weighted by Crippen LogP contribution is -2.21. The molecule has 21 heavy (non-hydrogen) atoms. The number of nitrogens with one attached hydrogen (secondary N) is 1. The van der Waals surface area contributed by atoms with Crippen LogP contribution in [0.25, 0.3) is 0 Å². The van der Waals surface area contributed by atoms with Crippen LogP contribution in [0.15, 0.2) is 29.2 Å². The zero-order valence-corrected chi connectivity index (χ0v) is 12.8. The van der Waals surface area contributed by atoms with E-state index in [1.807, 2.05) is 24.3 Å². The number of carbonyl (C=O) groups is 2. The Labute approximate surface area is 129 Å². The van der Waals surface area contributed by atoms with Crippen LogP contribution in [0, 0.1) is 6.92 Å². The molecule has 0 aliphatic carbocycles. The molecule has 0 radical (unpaired) electrons. The highest BCUT2D eigenvalue weighted by Crippen LogP contribution is 2.40. The Hall–Kier alpha value is -1.86. The summed E-state index contributed by atoms with van der Waals surface area (Å²) in [4.78, 5) is 24.7. The lowest BCUT2D eigenvalue weighted by molar-refractivity contribution is -0.117. The van der Waals surface area contributed by atoms with Crippen molar-refractivity contribution in [3.63, 3.8) is 0 Å². The summed E-state index contributed by atoms with van der Waals surface area (Å²) in [7, 11) is 0. The molecule has 2 heterocycles. The van der Waals surface area contributed by atoms with Crippen molar-refractivity contribution in [2.24, 2.45) is 0 Å². The molecule has 0 bridgehead atoms. The van der Waals surface area contributed by atoms with E-state index in [1.165, 1.54) is 0 Å². The van der Waals surface area contributed by atoms with Gasteiger partial charge in [-0.15, -0.1) is 11.8 Å². The fourth-order valence-electron chi connectivity index (χ4n) is 2.29. The van der Waals surface area contributed by atoms with Gasteiger partial charge in [0.05, 0.1) is 11.6 Å². The first-order valence-corrected chi connectivity index (χ1v) is 8.06. The van der Waals surface area contributed by atoms with Crippen molar-refractivity contribution in [1.29, 1.82) is 0 Å². The normalized spacial score (nSPS) is 16.5. The molecule has 1 aromatic heterocycles. The number of benzene rings is 1.